The van der Waals surface area contributed by atoms with Crippen LogP contribution in [0.5, 0.6) is 0 Å². The van der Waals surface area contributed by atoms with Crippen molar-refractivity contribution >= 4 is 23.3 Å². The summed E-state index contributed by atoms with van der Waals surface area (Å²) in [6, 6.07) is 15.3. The number of nitrogens with one attached hydrogen (secondary N) is 1. The number of hydrogen-bond acceptors (Lipinski definition) is 6. The predicted molar refractivity (Wildman–Crippen MR) is 101 cm³/mol. The third-order valence-corrected chi connectivity index (χ3v) is 3.85. The number of nitro benzene ring substituents is 1. The lowest BCUT2D eigenvalue weighted by Crippen LogP contribution is -2.11. The van der Waals surface area contributed by atoms with Crippen LogP contribution in [0, 0.1) is 10.1 Å². The van der Waals surface area contributed by atoms with E-state index in [2.05, 4.69) is 5.32 Å². The number of benzene rings is 2. The van der Waals surface area contributed by atoms with Gasteiger partial charge in [-0.25, -0.2) is 4.79 Å². The van der Waals surface area contributed by atoms with E-state index < -0.39 is 16.8 Å². The summed E-state index contributed by atoms with van der Waals surface area (Å²) in [6.07, 6.45) is 0. The molecular weight excluding hydrogens is 364 g/mol. The van der Waals surface area contributed by atoms with Gasteiger partial charge >= 0.3 is 5.97 Å². The van der Waals surface area contributed by atoms with Crippen LogP contribution in [-0.2, 0) is 4.74 Å². The fraction of sp³-hybridized carbons (Fsp3) is 0.100. The van der Waals surface area contributed by atoms with Crippen LogP contribution in [0.3, 0.4) is 0 Å². The van der Waals surface area contributed by atoms with Gasteiger partial charge < -0.3 is 14.5 Å². The Labute approximate surface area is 159 Å². The first-order valence-electron chi connectivity index (χ1n) is 8.41. The minimum atomic E-state index is -0.520. The third kappa shape index (κ3) is 4.07. The molecule has 0 unspecified atom stereocenters. The van der Waals surface area contributed by atoms with Crippen molar-refractivity contribution < 1.29 is 23.7 Å². The highest BCUT2D eigenvalue weighted by Crippen LogP contribution is 2.31. The molecule has 3 aromatic rings. The van der Waals surface area contributed by atoms with Gasteiger partial charge in [-0.15, -0.1) is 0 Å². The standard InChI is InChI=1S/C20H16N2O6/c1-2-27-20(24)13-7-9-14(10-8-13)21-19(23)18-12-11-17(28-18)15-5-3-4-6-16(15)22(25)26/h3-12H,2H2,1H3,(H,21,23). The molecule has 0 spiro atoms. The number of nitrogens with zero attached hydrogens (tertiary/aromatic N) is 1. The van der Waals surface area contributed by atoms with Gasteiger partial charge in [0.2, 0.25) is 0 Å². The average Bonchev–Trinajstić information content (AvgIpc) is 3.19. The third-order valence-electron chi connectivity index (χ3n) is 3.85. The molecule has 0 radical (unpaired) electrons. The Kier molecular flexibility index (Phi) is 5.50. The molecule has 0 saturated heterocycles. The molecule has 0 bridgehead atoms. The van der Waals surface area contributed by atoms with Crippen molar-refractivity contribution in [3.05, 3.63) is 82.1 Å². The maximum atomic E-state index is 12.4. The quantitative estimate of drug-likeness (QED) is 0.388. The summed E-state index contributed by atoms with van der Waals surface area (Å²) < 4.78 is 10.4. The normalized spacial score (nSPS) is 10.3. The summed E-state index contributed by atoms with van der Waals surface area (Å²) in [5.41, 5.74) is 1.00. The zero-order valence-electron chi connectivity index (χ0n) is 14.9. The number of nitro groups is 1. The van der Waals surface area contributed by atoms with Gasteiger partial charge in [-0.05, 0) is 49.4 Å². The Morgan fingerprint density at radius 3 is 2.46 bits per heavy atom. The van der Waals surface area contributed by atoms with Crippen LogP contribution in [0.25, 0.3) is 11.3 Å². The SMILES string of the molecule is CCOC(=O)c1ccc(NC(=O)c2ccc(-c3ccccc3[N+](=O)[O-])o2)cc1. The Hall–Kier alpha value is -3.94. The van der Waals surface area contributed by atoms with Crippen LogP contribution >= 0.6 is 0 Å². The van der Waals surface area contributed by atoms with Crippen molar-refractivity contribution in [1.82, 2.24) is 0 Å². The minimum Gasteiger partial charge on any atom is -0.462 e. The average molecular weight is 380 g/mol. The van der Waals surface area contributed by atoms with Crippen molar-refractivity contribution in [1.29, 1.82) is 0 Å². The van der Waals surface area contributed by atoms with E-state index in [0.717, 1.165) is 0 Å². The Morgan fingerprint density at radius 1 is 1.07 bits per heavy atom. The van der Waals surface area contributed by atoms with Crippen LogP contribution in [0.4, 0.5) is 11.4 Å². The topological polar surface area (TPSA) is 112 Å². The number of ether oxygens (including phenoxy) is 1. The maximum Gasteiger partial charge on any atom is 0.338 e. The van der Waals surface area contributed by atoms with E-state index in [1.165, 1.54) is 30.3 Å². The van der Waals surface area contributed by atoms with E-state index in [1.54, 1.807) is 37.3 Å². The highest BCUT2D eigenvalue weighted by atomic mass is 16.6. The van der Waals surface area contributed by atoms with E-state index >= 15 is 0 Å². The van der Waals surface area contributed by atoms with E-state index in [4.69, 9.17) is 9.15 Å². The monoisotopic (exact) mass is 380 g/mol. The maximum absolute atomic E-state index is 12.4. The second-order valence-corrected chi connectivity index (χ2v) is 5.69. The number of esters is 1. The van der Waals surface area contributed by atoms with Crippen LogP contribution in [0.15, 0.2) is 65.1 Å². The molecule has 1 aromatic heterocycles. The van der Waals surface area contributed by atoms with Gasteiger partial charge in [-0.2, -0.15) is 0 Å². The lowest BCUT2D eigenvalue weighted by molar-refractivity contribution is -0.384. The predicted octanol–water partition coefficient (Wildman–Crippen LogP) is 4.28. The van der Waals surface area contributed by atoms with Crippen molar-refractivity contribution in [3.63, 3.8) is 0 Å². The molecule has 142 valence electrons. The number of carbonyl (C=O) groups excluding carboxylic acids is 2. The van der Waals surface area contributed by atoms with Crippen molar-refractivity contribution in [2.45, 2.75) is 6.92 Å². The van der Waals surface area contributed by atoms with Gasteiger partial charge in [0.25, 0.3) is 11.6 Å². The Balaban J connectivity index is 1.75. The van der Waals surface area contributed by atoms with Crippen molar-refractivity contribution in [3.8, 4) is 11.3 Å². The van der Waals surface area contributed by atoms with Gasteiger partial charge in [0.1, 0.15) is 5.76 Å². The first-order valence-corrected chi connectivity index (χ1v) is 8.41. The zero-order valence-corrected chi connectivity index (χ0v) is 14.9. The number of amides is 1. The van der Waals surface area contributed by atoms with Gasteiger partial charge in [0, 0.05) is 11.8 Å². The Morgan fingerprint density at radius 2 is 1.79 bits per heavy atom. The number of hydrogen-bond donors (Lipinski definition) is 1. The molecule has 1 heterocycles. The lowest BCUT2D eigenvalue weighted by atomic mass is 10.1. The second-order valence-electron chi connectivity index (χ2n) is 5.69. The molecule has 0 aliphatic rings. The number of furan rings is 1. The first-order chi connectivity index (χ1) is 13.5. The highest BCUT2D eigenvalue weighted by molar-refractivity contribution is 6.03. The smallest absolute Gasteiger partial charge is 0.338 e. The van der Waals surface area contributed by atoms with Crippen LogP contribution < -0.4 is 5.32 Å². The molecule has 28 heavy (non-hydrogen) atoms. The molecule has 0 saturated carbocycles. The molecule has 0 atom stereocenters. The van der Waals surface area contributed by atoms with Crippen molar-refractivity contribution in [2.75, 3.05) is 11.9 Å². The summed E-state index contributed by atoms with van der Waals surface area (Å²) in [5, 5.41) is 13.8. The zero-order chi connectivity index (χ0) is 20.1. The summed E-state index contributed by atoms with van der Waals surface area (Å²) in [4.78, 5) is 34.6. The number of carbonyl (C=O) groups is 2. The van der Waals surface area contributed by atoms with E-state index in [-0.39, 0.29) is 29.4 Å². The number of para-hydroxylation sites is 1. The number of anilines is 1. The van der Waals surface area contributed by atoms with Gasteiger partial charge in [0.05, 0.1) is 22.7 Å². The second kappa shape index (κ2) is 8.17. The number of rotatable bonds is 6. The highest BCUT2D eigenvalue weighted by Gasteiger charge is 2.19. The molecule has 8 nitrogen and oxygen atoms in total. The van der Waals surface area contributed by atoms with Crippen LogP contribution in [0.1, 0.15) is 27.8 Å². The van der Waals surface area contributed by atoms with Crippen LogP contribution in [0.2, 0.25) is 0 Å². The fourth-order valence-electron chi connectivity index (χ4n) is 2.54. The van der Waals surface area contributed by atoms with E-state index in [0.29, 0.717) is 11.3 Å². The first kappa shape index (κ1) is 18.8. The molecule has 8 heteroatoms. The van der Waals surface area contributed by atoms with Gasteiger partial charge in [-0.1, -0.05) is 12.1 Å². The molecule has 3 rings (SSSR count). The summed E-state index contributed by atoms with van der Waals surface area (Å²) in [7, 11) is 0. The summed E-state index contributed by atoms with van der Waals surface area (Å²) >= 11 is 0. The molecule has 0 aliphatic heterocycles. The van der Waals surface area contributed by atoms with E-state index in [1.807, 2.05) is 0 Å². The molecule has 2 aromatic carbocycles. The Bertz CT molecular complexity index is 1020. The van der Waals surface area contributed by atoms with Gasteiger partial charge in [-0.3, -0.25) is 14.9 Å². The molecule has 0 aliphatic carbocycles. The molecule has 1 amide bonds. The van der Waals surface area contributed by atoms with Crippen LogP contribution in [-0.4, -0.2) is 23.4 Å². The lowest BCUT2D eigenvalue weighted by Gasteiger charge is -2.05. The summed E-state index contributed by atoms with van der Waals surface area (Å²) in [5.74, 6) is -0.744. The molecule has 0 fully saturated rings. The van der Waals surface area contributed by atoms with Crippen molar-refractivity contribution in [2.24, 2.45) is 0 Å². The minimum absolute atomic E-state index is 0.00243. The molecular formula is C20H16N2O6. The summed E-state index contributed by atoms with van der Waals surface area (Å²) in [6.45, 7) is 1.99. The van der Waals surface area contributed by atoms with Gasteiger partial charge in [0.15, 0.2) is 5.76 Å². The molecule has 1 N–H and O–H groups in total. The largest absolute Gasteiger partial charge is 0.462 e. The van der Waals surface area contributed by atoms with E-state index in [9.17, 15) is 19.7 Å². The fourth-order valence-corrected chi connectivity index (χ4v) is 2.54.